The number of aromatic nitrogens is 1. The third-order valence-electron chi connectivity index (χ3n) is 7.93. The topological polar surface area (TPSA) is 106 Å². The number of fused-ring (bicyclic) bond motifs is 1. The molecule has 9 heteroatoms. The maximum Gasteiger partial charge on any atom is 0.308 e. The number of nitrogens with one attached hydrogen (secondary N) is 1. The molecular formula is C29H39N3O5S. The lowest BCUT2D eigenvalue weighted by atomic mass is 9.81. The maximum atomic E-state index is 12.9. The minimum atomic E-state index is -3.25. The second kappa shape index (κ2) is 11.9. The van der Waals surface area contributed by atoms with Gasteiger partial charge in [0.2, 0.25) is 0 Å². The molecule has 38 heavy (non-hydrogen) atoms. The van der Waals surface area contributed by atoms with Crippen LogP contribution >= 0.6 is 0 Å². The second-order valence-corrected chi connectivity index (χ2v) is 13.1. The summed E-state index contributed by atoms with van der Waals surface area (Å²) in [5.74, 6) is 0.708. The number of hydrogen-bond donors (Lipinski definition) is 1. The van der Waals surface area contributed by atoms with Gasteiger partial charge in [0.1, 0.15) is 0 Å². The van der Waals surface area contributed by atoms with Crippen LogP contribution in [-0.2, 0) is 32.5 Å². The molecule has 1 unspecified atom stereocenters. The van der Waals surface area contributed by atoms with Crippen LogP contribution in [0, 0.1) is 17.8 Å². The van der Waals surface area contributed by atoms with Crippen LogP contribution in [0.4, 0.5) is 0 Å². The summed E-state index contributed by atoms with van der Waals surface area (Å²) >= 11 is 0. The molecule has 0 radical (unpaired) electrons. The molecule has 2 aromatic rings. The summed E-state index contributed by atoms with van der Waals surface area (Å²) in [5.41, 5.74) is 3.49. The van der Waals surface area contributed by atoms with Gasteiger partial charge in [-0.25, -0.2) is 8.42 Å². The van der Waals surface area contributed by atoms with E-state index in [-0.39, 0.29) is 29.6 Å². The molecule has 1 saturated carbocycles. The number of sulfone groups is 1. The Morgan fingerprint density at radius 2 is 1.82 bits per heavy atom. The Kier molecular flexibility index (Phi) is 8.88. The predicted molar refractivity (Wildman–Crippen MR) is 145 cm³/mol. The molecule has 0 saturated heterocycles. The van der Waals surface area contributed by atoms with Crippen molar-refractivity contribution >= 4 is 21.7 Å². The quantitative estimate of drug-likeness (QED) is 0.472. The van der Waals surface area contributed by atoms with Crippen LogP contribution in [-0.4, -0.2) is 49.6 Å². The van der Waals surface area contributed by atoms with Gasteiger partial charge in [0.25, 0.3) is 5.91 Å². The molecule has 0 spiro atoms. The highest BCUT2D eigenvalue weighted by Crippen LogP contribution is 2.40. The molecule has 0 bridgehead atoms. The highest BCUT2D eigenvalue weighted by atomic mass is 32.2. The van der Waals surface area contributed by atoms with Crippen LogP contribution in [0.3, 0.4) is 0 Å². The number of esters is 1. The van der Waals surface area contributed by atoms with Crippen molar-refractivity contribution in [1.82, 2.24) is 15.2 Å². The summed E-state index contributed by atoms with van der Waals surface area (Å²) in [4.78, 5) is 32.3. The van der Waals surface area contributed by atoms with E-state index in [1.807, 2.05) is 6.07 Å². The first-order chi connectivity index (χ1) is 18.1. The molecular weight excluding hydrogens is 502 g/mol. The summed E-state index contributed by atoms with van der Waals surface area (Å²) in [7, 11) is -1.78. The number of amides is 1. The van der Waals surface area contributed by atoms with Gasteiger partial charge in [0, 0.05) is 25.8 Å². The van der Waals surface area contributed by atoms with E-state index in [2.05, 4.69) is 24.1 Å². The Morgan fingerprint density at radius 1 is 1.13 bits per heavy atom. The molecule has 206 valence electrons. The van der Waals surface area contributed by atoms with Gasteiger partial charge >= 0.3 is 5.97 Å². The van der Waals surface area contributed by atoms with Crippen LogP contribution in [0.2, 0.25) is 0 Å². The lowest BCUT2D eigenvalue weighted by Gasteiger charge is -2.34. The smallest absolute Gasteiger partial charge is 0.308 e. The van der Waals surface area contributed by atoms with Crippen molar-refractivity contribution in [3.63, 3.8) is 0 Å². The number of pyridine rings is 1. The zero-order valence-electron chi connectivity index (χ0n) is 22.8. The number of rotatable bonds is 9. The van der Waals surface area contributed by atoms with Gasteiger partial charge < -0.3 is 10.1 Å². The van der Waals surface area contributed by atoms with E-state index >= 15 is 0 Å². The Morgan fingerprint density at radius 3 is 2.42 bits per heavy atom. The van der Waals surface area contributed by atoms with E-state index in [9.17, 15) is 18.0 Å². The predicted octanol–water partition coefficient (Wildman–Crippen LogP) is 4.30. The molecule has 1 aliphatic carbocycles. The molecule has 2 heterocycles. The summed E-state index contributed by atoms with van der Waals surface area (Å²) < 4.78 is 28.9. The molecule has 2 aliphatic rings. The Bertz CT molecular complexity index is 1250. The van der Waals surface area contributed by atoms with Crippen LogP contribution in [0.15, 0.2) is 41.4 Å². The molecule has 1 N–H and O–H groups in total. The second-order valence-electron chi connectivity index (χ2n) is 10.9. The SMILES string of the molecule is CCS(=O)(=O)c1ccc(CNC(=O)c2cnc3c(c2)CN(C[C@H]2CC[C@H](C(=O)OC)CC2)C3C(C)C)cc1. The molecule has 8 nitrogen and oxygen atoms in total. The van der Waals surface area contributed by atoms with E-state index in [1.54, 1.807) is 37.4 Å². The van der Waals surface area contributed by atoms with E-state index < -0.39 is 9.84 Å². The zero-order chi connectivity index (χ0) is 27.4. The summed E-state index contributed by atoms with van der Waals surface area (Å²) in [6, 6.07) is 8.79. The maximum absolute atomic E-state index is 12.9. The number of carbonyl (C=O) groups excluding carboxylic acids is 2. The zero-order valence-corrected chi connectivity index (χ0v) is 23.6. The number of hydrogen-bond acceptors (Lipinski definition) is 7. The Balaban J connectivity index is 1.38. The average Bonchev–Trinajstić information content (AvgIpc) is 3.29. The monoisotopic (exact) mass is 541 g/mol. The van der Waals surface area contributed by atoms with Crippen molar-refractivity contribution in [3.05, 3.63) is 58.9 Å². The number of nitrogens with zero attached hydrogens (tertiary/aromatic N) is 2. The van der Waals surface area contributed by atoms with E-state index in [0.29, 0.717) is 28.8 Å². The molecule has 1 aromatic carbocycles. The average molecular weight is 542 g/mol. The molecule has 1 atom stereocenters. The number of carbonyl (C=O) groups is 2. The van der Waals surface area contributed by atoms with E-state index in [1.165, 1.54) is 7.11 Å². The van der Waals surface area contributed by atoms with Gasteiger partial charge in [0.15, 0.2) is 9.84 Å². The summed E-state index contributed by atoms with van der Waals surface area (Å²) in [6.45, 7) is 8.06. The summed E-state index contributed by atoms with van der Waals surface area (Å²) in [6.07, 6.45) is 5.45. The van der Waals surface area contributed by atoms with Gasteiger partial charge in [-0.1, -0.05) is 32.9 Å². The van der Waals surface area contributed by atoms with E-state index in [4.69, 9.17) is 9.72 Å². The van der Waals surface area contributed by atoms with Crippen LogP contribution in [0.1, 0.15) is 79.7 Å². The fraction of sp³-hybridized carbons (Fsp3) is 0.552. The van der Waals surface area contributed by atoms with Gasteiger partial charge in [0.05, 0.1) is 41.0 Å². The largest absolute Gasteiger partial charge is 0.469 e. The first-order valence-electron chi connectivity index (χ1n) is 13.5. The first kappa shape index (κ1) is 28.2. The van der Waals surface area contributed by atoms with Gasteiger partial charge in [-0.2, -0.15) is 0 Å². The number of ether oxygens (including phenoxy) is 1. The minimum absolute atomic E-state index is 0.0259. The van der Waals surface area contributed by atoms with Crippen molar-refractivity contribution in [2.24, 2.45) is 17.8 Å². The molecule has 1 aromatic heterocycles. The fourth-order valence-corrected chi connectivity index (χ4v) is 6.67. The van der Waals surface area contributed by atoms with Crippen LogP contribution in [0.5, 0.6) is 0 Å². The highest BCUT2D eigenvalue weighted by Gasteiger charge is 2.36. The minimum Gasteiger partial charge on any atom is -0.469 e. The number of benzene rings is 1. The first-order valence-corrected chi connectivity index (χ1v) is 15.2. The van der Waals surface area contributed by atoms with Gasteiger partial charge in [-0.15, -0.1) is 0 Å². The van der Waals surface area contributed by atoms with Crippen molar-refractivity contribution < 1.29 is 22.7 Å². The fourth-order valence-electron chi connectivity index (χ4n) is 5.79. The summed E-state index contributed by atoms with van der Waals surface area (Å²) in [5, 5.41) is 2.93. The van der Waals surface area contributed by atoms with Crippen molar-refractivity contribution in [2.45, 2.75) is 70.5 Å². The van der Waals surface area contributed by atoms with Gasteiger partial charge in [-0.3, -0.25) is 19.5 Å². The van der Waals surface area contributed by atoms with Crippen molar-refractivity contribution in [1.29, 1.82) is 0 Å². The lowest BCUT2D eigenvalue weighted by molar-refractivity contribution is -0.146. The lowest BCUT2D eigenvalue weighted by Crippen LogP contribution is -2.33. The van der Waals surface area contributed by atoms with Gasteiger partial charge in [-0.05, 0) is 66.8 Å². The molecule has 1 aliphatic heterocycles. The van der Waals surface area contributed by atoms with Crippen LogP contribution < -0.4 is 5.32 Å². The third kappa shape index (κ3) is 6.26. The van der Waals surface area contributed by atoms with Crippen LogP contribution in [0.25, 0.3) is 0 Å². The van der Waals surface area contributed by atoms with Crippen molar-refractivity contribution in [3.8, 4) is 0 Å². The standard InChI is InChI=1S/C29H39N3O5S/c1-5-38(35,36)25-12-8-20(9-13-25)15-31-28(33)23-14-24-18-32(27(19(2)3)26(24)30-16-23)17-21-6-10-22(11-7-21)29(34)37-4/h8-9,12-14,16,19,21-22,27H,5-7,10-11,15,17-18H2,1-4H3,(H,31,33)/t21-,22-,27?. The molecule has 4 rings (SSSR count). The third-order valence-corrected chi connectivity index (χ3v) is 9.68. The molecule has 1 fully saturated rings. The Labute approximate surface area is 226 Å². The Hall–Kier alpha value is -2.78. The molecule has 1 amide bonds. The van der Waals surface area contributed by atoms with E-state index in [0.717, 1.165) is 55.6 Å². The number of methoxy groups -OCH3 is 1. The highest BCUT2D eigenvalue weighted by molar-refractivity contribution is 7.91. The normalized spacial score (nSPS) is 21.8. The van der Waals surface area contributed by atoms with Crippen molar-refractivity contribution in [2.75, 3.05) is 19.4 Å².